The number of halogens is 1. The number of ether oxygens (including phenoxy) is 1. The minimum Gasteiger partial charge on any atom is -0.491 e. The molecule has 0 bridgehead atoms. The van der Waals surface area contributed by atoms with Gasteiger partial charge < -0.3 is 9.84 Å². The fourth-order valence-corrected chi connectivity index (χ4v) is 12.7. The van der Waals surface area contributed by atoms with Crippen molar-refractivity contribution in [1.82, 2.24) is 19.6 Å². The lowest BCUT2D eigenvalue weighted by Gasteiger charge is -2.49. The normalized spacial score (nSPS) is 26.8. The molecule has 3 aromatic carbocycles. The zero-order chi connectivity index (χ0) is 42.3. The summed E-state index contributed by atoms with van der Waals surface area (Å²) in [7, 11) is 1.75. The summed E-state index contributed by atoms with van der Waals surface area (Å²) < 4.78 is 8.78. The first kappa shape index (κ1) is 40.0. The Labute approximate surface area is 363 Å². The fraction of sp³-hybridized carbons (Fsp3) is 0.396. The molecule has 1 saturated carbocycles. The molecule has 13 heteroatoms. The van der Waals surface area contributed by atoms with Gasteiger partial charge in [0.05, 0.1) is 34.7 Å². The summed E-state index contributed by atoms with van der Waals surface area (Å²) in [6.45, 7) is 6.13. The van der Waals surface area contributed by atoms with Gasteiger partial charge >= 0.3 is 0 Å². The highest BCUT2D eigenvalue weighted by Gasteiger charge is 2.68. The number of aliphatic hydroxyl groups excluding tert-OH is 1. The average molecular weight is 858 g/mol. The van der Waals surface area contributed by atoms with Crippen molar-refractivity contribution in [1.29, 1.82) is 0 Å². The number of likely N-dealkylation sites (tertiary alicyclic amines) is 2. The van der Waals surface area contributed by atoms with E-state index in [1.165, 1.54) is 10.5 Å². The van der Waals surface area contributed by atoms with Crippen molar-refractivity contribution in [3.05, 3.63) is 112 Å². The number of imide groups is 2. The van der Waals surface area contributed by atoms with E-state index in [2.05, 4.69) is 23.1 Å². The number of fused-ring (bicyclic) bond motifs is 5. The molecule has 5 heterocycles. The van der Waals surface area contributed by atoms with Crippen LogP contribution in [0.5, 0.6) is 5.75 Å². The highest BCUT2D eigenvalue weighted by Crippen LogP contribution is 2.64. The Hall–Kier alpha value is -5.14. The van der Waals surface area contributed by atoms with Crippen molar-refractivity contribution >= 4 is 62.5 Å². The smallest absolute Gasteiger partial charge is 0.242 e. The first-order chi connectivity index (χ1) is 29.5. The number of allylic oxidation sites excluding steroid dienone is 2. The SMILES string of the molecule is Cc1c(-c2cc(N3C(=O)C4CC5C(=CCC6C(=O)N(C7CCN(Cc8ccccc8)CC7)C(=O)C65)C(c5ccccc5OCCO)C4(C)C3=O)n(C)n2)sc2ccc(Cl)cc12. The van der Waals surface area contributed by atoms with Crippen LogP contribution in [0.4, 0.5) is 5.82 Å². The summed E-state index contributed by atoms with van der Waals surface area (Å²) in [6, 6.07) is 25.2. The number of hydrogen-bond acceptors (Lipinski definition) is 9. The Morgan fingerprint density at radius 2 is 1.69 bits per heavy atom. The van der Waals surface area contributed by atoms with Gasteiger partial charge in [-0.1, -0.05) is 71.8 Å². The third-order valence-electron chi connectivity index (χ3n) is 14.3. The molecule has 2 aromatic heterocycles. The Balaban J connectivity index is 1.00. The van der Waals surface area contributed by atoms with Crippen molar-refractivity contribution < 1.29 is 29.0 Å². The van der Waals surface area contributed by atoms with Crippen molar-refractivity contribution in [2.75, 3.05) is 31.2 Å². The Bertz CT molecular complexity index is 2630. The molecule has 61 heavy (non-hydrogen) atoms. The van der Waals surface area contributed by atoms with Gasteiger partial charge in [-0.15, -0.1) is 11.3 Å². The van der Waals surface area contributed by atoms with Crippen molar-refractivity contribution in [3.63, 3.8) is 0 Å². The number of benzene rings is 3. The Kier molecular flexibility index (Phi) is 10.0. The predicted molar refractivity (Wildman–Crippen MR) is 234 cm³/mol. The van der Waals surface area contributed by atoms with Crippen LogP contribution in [0.25, 0.3) is 20.7 Å². The first-order valence-electron chi connectivity index (χ1n) is 21.3. The third-order valence-corrected chi connectivity index (χ3v) is 15.8. The summed E-state index contributed by atoms with van der Waals surface area (Å²) in [6.07, 6.45) is 4.12. The maximum absolute atomic E-state index is 15.4. The number of aryl methyl sites for hydroxylation is 2. The van der Waals surface area contributed by atoms with Gasteiger partial charge in [0.25, 0.3) is 0 Å². The molecule has 11 nitrogen and oxygen atoms in total. The van der Waals surface area contributed by atoms with Crippen LogP contribution in [0, 0.1) is 36.0 Å². The lowest BCUT2D eigenvalue weighted by atomic mass is 9.51. The van der Waals surface area contributed by atoms with Crippen molar-refractivity contribution in [3.8, 4) is 16.3 Å². The number of rotatable bonds is 9. The Morgan fingerprint density at radius 3 is 2.46 bits per heavy atom. The van der Waals surface area contributed by atoms with Gasteiger partial charge in [0, 0.05) is 60.0 Å². The van der Waals surface area contributed by atoms with E-state index >= 15 is 9.59 Å². The van der Waals surface area contributed by atoms with Crippen LogP contribution in [0.2, 0.25) is 5.02 Å². The van der Waals surface area contributed by atoms with E-state index in [1.807, 2.05) is 80.6 Å². The molecule has 5 aliphatic rings. The van der Waals surface area contributed by atoms with Crippen molar-refractivity contribution in [2.45, 2.75) is 58.0 Å². The topological polar surface area (TPSA) is 125 Å². The highest BCUT2D eigenvalue weighted by molar-refractivity contribution is 7.22. The standard InChI is InChI=1S/C48H48ClN5O6S/c1-27-34-23-29(49)13-16-39(34)61-43(27)37-25-40(51(3)50-37)54-45(57)36-24-35-31(42(48(36,2)47(54)59)32-11-7-8-12-38(32)60-22-21-55)14-15-33-41(35)46(58)53(44(33)56)30-17-19-52(20-18-30)26-28-9-5-4-6-10-28/h4-14,16,23,25,30,33,35-36,41-42,55H,15,17-22,24,26H2,1-3H3. The molecular weight excluding hydrogens is 810 g/mol. The number of hydrogen-bond donors (Lipinski definition) is 1. The lowest BCUT2D eigenvalue weighted by molar-refractivity contribution is -0.144. The molecule has 6 atom stereocenters. The van der Waals surface area contributed by atoms with Crippen LogP contribution in [0.1, 0.15) is 55.2 Å². The monoisotopic (exact) mass is 857 g/mol. The fourth-order valence-electron chi connectivity index (χ4n) is 11.4. The molecule has 4 fully saturated rings. The number of anilines is 1. The van der Waals surface area contributed by atoms with Crippen LogP contribution in [-0.4, -0.2) is 80.7 Å². The van der Waals surface area contributed by atoms with E-state index in [9.17, 15) is 14.7 Å². The van der Waals surface area contributed by atoms with Gasteiger partial charge in [0.15, 0.2) is 0 Å². The van der Waals surface area contributed by atoms with Gasteiger partial charge in [0.2, 0.25) is 23.6 Å². The van der Waals surface area contributed by atoms with Gasteiger partial charge in [0.1, 0.15) is 23.9 Å². The number of piperidine rings is 1. The van der Waals surface area contributed by atoms with Gasteiger partial charge in [-0.3, -0.25) is 33.7 Å². The molecule has 3 saturated heterocycles. The zero-order valence-corrected chi connectivity index (χ0v) is 36.0. The largest absolute Gasteiger partial charge is 0.491 e. The van der Waals surface area contributed by atoms with Crippen LogP contribution in [0.15, 0.2) is 90.5 Å². The second kappa shape index (κ2) is 15.3. The summed E-state index contributed by atoms with van der Waals surface area (Å²) in [5.41, 5.74) is 3.24. The molecule has 0 radical (unpaired) electrons. The summed E-state index contributed by atoms with van der Waals surface area (Å²) in [5.74, 6) is -3.18. The van der Waals surface area contributed by atoms with Crippen LogP contribution in [0.3, 0.4) is 0 Å². The van der Waals surface area contributed by atoms with Gasteiger partial charge in [-0.2, -0.15) is 5.10 Å². The molecule has 10 rings (SSSR count). The van der Waals surface area contributed by atoms with Crippen molar-refractivity contribution in [2.24, 2.45) is 36.1 Å². The minimum atomic E-state index is -1.27. The molecule has 2 aliphatic carbocycles. The van der Waals surface area contributed by atoms with E-state index in [-0.39, 0.29) is 49.3 Å². The second-order valence-corrected chi connectivity index (χ2v) is 19.0. The van der Waals surface area contributed by atoms with Crippen LogP contribution >= 0.6 is 22.9 Å². The molecule has 1 N–H and O–H groups in total. The van der Waals surface area contributed by atoms with Gasteiger partial charge in [-0.05, 0) is 86.2 Å². The Morgan fingerprint density at radius 1 is 0.934 bits per heavy atom. The number of para-hydroxylation sites is 1. The molecular formula is C48H48ClN5O6S. The molecule has 6 unspecified atom stereocenters. The maximum Gasteiger partial charge on any atom is 0.242 e. The number of aliphatic hydroxyl groups is 1. The van der Waals surface area contributed by atoms with E-state index in [4.69, 9.17) is 21.4 Å². The summed E-state index contributed by atoms with van der Waals surface area (Å²) in [4.78, 5) is 65.9. The summed E-state index contributed by atoms with van der Waals surface area (Å²) in [5, 5.41) is 16.3. The lowest BCUT2D eigenvalue weighted by Crippen LogP contribution is -2.49. The quantitative estimate of drug-likeness (QED) is 0.119. The van der Waals surface area contributed by atoms with Gasteiger partial charge in [-0.25, -0.2) is 4.90 Å². The highest BCUT2D eigenvalue weighted by atomic mass is 35.5. The van der Waals surface area contributed by atoms with E-state index in [0.29, 0.717) is 47.1 Å². The van der Waals surface area contributed by atoms with E-state index in [0.717, 1.165) is 45.7 Å². The first-order valence-corrected chi connectivity index (χ1v) is 22.5. The number of amides is 4. The zero-order valence-electron chi connectivity index (χ0n) is 34.4. The molecule has 5 aromatic rings. The van der Waals surface area contributed by atoms with Crippen LogP contribution in [-0.2, 0) is 32.8 Å². The number of nitrogens with zero attached hydrogens (tertiary/aromatic N) is 5. The molecule has 314 valence electrons. The average Bonchev–Trinajstić information content (AvgIpc) is 3.94. The van der Waals surface area contributed by atoms with E-state index < -0.39 is 35.0 Å². The predicted octanol–water partition coefficient (Wildman–Crippen LogP) is 7.53. The third kappa shape index (κ3) is 6.31. The van der Waals surface area contributed by atoms with E-state index in [1.54, 1.807) is 28.0 Å². The van der Waals surface area contributed by atoms with Crippen LogP contribution < -0.4 is 9.64 Å². The number of carbonyl (C=O) groups excluding carboxylic acids is 4. The molecule has 3 aliphatic heterocycles. The maximum atomic E-state index is 15.4. The number of thiophene rings is 1. The second-order valence-electron chi connectivity index (χ2n) is 17.5. The minimum absolute atomic E-state index is 0.0450. The molecule has 4 amide bonds. The molecule has 0 spiro atoms. The number of aromatic nitrogens is 2. The summed E-state index contributed by atoms with van der Waals surface area (Å²) >= 11 is 7.94. The number of carbonyl (C=O) groups is 4.